The Kier molecular flexibility index (Phi) is 6.39. The molecule has 0 bridgehead atoms. The van der Waals surface area contributed by atoms with Gasteiger partial charge < -0.3 is 13.9 Å². The van der Waals surface area contributed by atoms with Crippen LogP contribution in [0, 0.1) is 27.7 Å². The Bertz CT molecular complexity index is 732. The Labute approximate surface area is 150 Å². The predicted molar refractivity (Wildman–Crippen MR) is 102 cm³/mol. The Balaban J connectivity index is 0.000000142. The third-order valence-electron chi connectivity index (χ3n) is 3.94. The quantitative estimate of drug-likeness (QED) is 0.620. The predicted octanol–water partition coefficient (Wildman–Crippen LogP) is 4.01. The van der Waals surface area contributed by atoms with E-state index in [-0.39, 0.29) is 0 Å². The van der Waals surface area contributed by atoms with E-state index >= 15 is 0 Å². The molecular weight excluding hydrogens is 312 g/mol. The summed E-state index contributed by atoms with van der Waals surface area (Å²) < 4.78 is 6.90. The fraction of sp³-hybridized carbons (Fsp3) is 0.400. The number of benzene rings is 1. The minimum atomic E-state index is 0.734. The first-order chi connectivity index (χ1) is 11.8. The van der Waals surface area contributed by atoms with Crippen LogP contribution >= 0.6 is 0 Å². The number of oxazole rings is 1. The lowest BCUT2D eigenvalue weighted by molar-refractivity contribution is 0.494. The lowest BCUT2D eigenvalue weighted by Crippen LogP contribution is -2.12. The van der Waals surface area contributed by atoms with Gasteiger partial charge in [0.1, 0.15) is 5.76 Å². The van der Waals surface area contributed by atoms with Gasteiger partial charge in [0.15, 0.2) is 5.89 Å². The molecular formula is C20H28N4O. The van der Waals surface area contributed by atoms with Crippen LogP contribution in [0.25, 0.3) is 0 Å². The Hall–Kier alpha value is -2.56. The largest absolute Gasteiger partial charge is 0.446 e. The highest BCUT2D eigenvalue weighted by molar-refractivity contribution is 5.58. The molecule has 5 nitrogen and oxygen atoms in total. The van der Waals surface area contributed by atoms with Crippen LogP contribution in [0.1, 0.15) is 28.5 Å². The molecule has 0 amide bonds. The Morgan fingerprint density at radius 1 is 1.04 bits per heavy atom. The van der Waals surface area contributed by atoms with E-state index in [1.165, 1.54) is 29.8 Å². The van der Waals surface area contributed by atoms with Gasteiger partial charge in [0.05, 0.1) is 18.2 Å². The molecule has 3 aromatic rings. The van der Waals surface area contributed by atoms with Crippen LogP contribution in [0.3, 0.4) is 0 Å². The van der Waals surface area contributed by atoms with Crippen LogP contribution in [0.5, 0.6) is 0 Å². The van der Waals surface area contributed by atoms with Crippen molar-refractivity contribution in [1.29, 1.82) is 0 Å². The van der Waals surface area contributed by atoms with Crippen molar-refractivity contribution in [2.75, 3.05) is 18.5 Å². The van der Waals surface area contributed by atoms with E-state index in [0.29, 0.717) is 0 Å². The van der Waals surface area contributed by atoms with Crippen LogP contribution in [0.15, 0.2) is 41.3 Å². The van der Waals surface area contributed by atoms with E-state index < -0.39 is 0 Å². The van der Waals surface area contributed by atoms with Crippen LogP contribution in [-0.2, 0) is 13.5 Å². The van der Waals surface area contributed by atoms with Crippen molar-refractivity contribution in [2.45, 2.75) is 34.1 Å². The third kappa shape index (κ3) is 5.78. The standard InChI is InChI=1S/C10H13N.C5H8N2.C5H7NO/c1-8-3-4-9-5-6-11(2)10(9)7-8;1-5-3-7(2)4-6-5;1-4-3-6-5(2)7-4/h3-4,7H,5-6H2,1-2H3;3-4H,1-2H3;3H,1-2H3. The summed E-state index contributed by atoms with van der Waals surface area (Å²) in [4.78, 5) is 10.2. The van der Waals surface area contributed by atoms with Gasteiger partial charge in [0, 0.05) is 39.4 Å². The van der Waals surface area contributed by atoms with E-state index in [4.69, 9.17) is 4.42 Å². The number of nitrogens with zero attached hydrogens (tertiary/aromatic N) is 4. The van der Waals surface area contributed by atoms with Gasteiger partial charge in [-0.3, -0.25) is 0 Å². The second kappa shape index (κ2) is 8.51. The topological polar surface area (TPSA) is 47.1 Å². The van der Waals surface area contributed by atoms with Crippen molar-refractivity contribution in [3.05, 3.63) is 65.4 Å². The zero-order valence-corrected chi connectivity index (χ0v) is 16.1. The highest BCUT2D eigenvalue weighted by Gasteiger charge is 2.14. The minimum absolute atomic E-state index is 0.734. The summed E-state index contributed by atoms with van der Waals surface area (Å²) in [5.74, 6) is 1.61. The SMILES string of the molecule is Cc1ccc2c(c1)N(C)CC2.Cc1cn(C)cn1.Cc1cnc(C)o1. The summed E-state index contributed by atoms with van der Waals surface area (Å²) >= 11 is 0. The van der Waals surface area contributed by atoms with E-state index in [2.05, 4.69) is 47.0 Å². The molecule has 1 aromatic carbocycles. The normalized spacial score (nSPS) is 12.0. The van der Waals surface area contributed by atoms with Crippen LogP contribution < -0.4 is 4.90 Å². The van der Waals surface area contributed by atoms with Crippen molar-refractivity contribution in [1.82, 2.24) is 14.5 Å². The van der Waals surface area contributed by atoms with E-state index in [9.17, 15) is 0 Å². The molecule has 25 heavy (non-hydrogen) atoms. The summed E-state index contributed by atoms with van der Waals surface area (Å²) in [6, 6.07) is 6.70. The Morgan fingerprint density at radius 3 is 2.24 bits per heavy atom. The van der Waals surface area contributed by atoms with Crippen LogP contribution in [0.4, 0.5) is 5.69 Å². The zero-order chi connectivity index (χ0) is 18.4. The number of fused-ring (bicyclic) bond motifs is 1. The first-order valence-corrected chi connectivity index (χ1v) is 8.49. The molecule has 0 fully saturated rings. The highest BCUT2D eigenvalue weighted by atomic mass is 16.3. The monoisotopic (exact) mass is 340 g/mol. The Morgan fingerprint density at radius 2 is 1.80 bits per heavy atom. The molecule has 1 aliphatic heterocycles. The van der Waals surface area contributed by atoms with Crippen molar-refractivity contribution < 1.29 is 4.42 Å². The summed E-state index contributed by atoms with van der Waals surface area (Å²) in [6.07, 6.45) is 6.68. The second-order valence-corrected chi connectivity index (χ2v) is 6.47. The van der Waals surface area contributed by atoms with E-state index in [0.717, 1.165) is 17.3 Å². The summed E-state index contributed by atoms with van der Waals surface area (Å²) in [6.45, 7) is 9.00. The molecule has 0 aliphatic carbocycles. The molecule has 3 heterocycles. The van der Waals surface area contributed by atoms with Gasteiger partial charge in [-0.05, 0) is 44.4 Å². The number of aromatic nitrogens is 3. The fourth-order valence-electron chi connectivity index (χ4n) is 2.66. The molecule has 5 heteroatoms. The molecule has 4 rings (SSSR count). The maximum Gasteiger partial charge on any atom is 0.191 e. The minimum Gasteiger partial charge on any atom is -0.446 e. The van der Waals surface area contributed by atoms with Gasteiger partial charge in [0.25, 0.3) is 0 Å². The van der Waals surface area contributed by atoms with Gasteiger partial charge in [-0.25, -0.2) is 9.97 Å². The van der Waals surface area contributed by atoms with Gasteiger partial charge in [0.2, 0.25) is 0 Å². The smallest absolute Gasteiger partial charge is 0.191 e. The lowest BCUT2D eigenvalue weighted by atomic mass is 10.1. The highest BCUT2D eigenvalue weighted by Crippen LogP contribution is 2.26. The second-order valence-electron chi connectivity index (χ2n) is 6.47. The van der Waals surface area contributed by atoms with Crippen LogP contribution in [0.2, 0.25) is 0 Å². The molecule has 134 valence electrons. The molecule has 0 unspecified atom stereocenters. The van der Waals surface area contributed by atoms with E-state index in [1.807, 2.05) is 38.6 Å². The maximum absolute atomic E-state index is 4.97. The lowest BCUT2D eigenvalue weighted by Gasteiger charge is -2.11. The maximum atomic E-state index is 4.97. The van der Waals surface area contributed by atoms with E-state index in [1.54, 1.807) is 12.5 Å². The first kappa shape index (κ1) is 18.8. The number of imidazole rings is 1. The summed E-state index contributed by atoms with van der Waals surface area (Å²) in [7, 11) is 4.12. The number of rotatable bonds is 0. The van der Waals surface area contributed by atoms with Gasteiger partial charge in [-0.1, -0.05) is 12.1 Å². The number of hydrogen-bond donors (Lipinski definition) is 0. The van der Waals surface area contributed by atoms with Crippen molar-refractivity contribution in [3.8, 4) is 0 Å². The zero-order valence-electron chi connectivity index (χ0n) is 16.1. The molecule has 2 aromatic heterocycles. The van der Waals surface area contributed by atoms with Crippen molar-refractivity contribution in [2.24, 2.45) is 7.05 Å². The van der Waals surface area contributed by atoms with Gasteiger partial charge in [-0.2, -0.15) is 0 Å². The molecule has 0 spiro atoms. The third-order valence-corrected chi connectivity index (χ3v) is 3.94. The van der Waals surface area contributed by atoms with Crippen molar-refractivity contribution in [3.63, 3.8) is 0 Å². The van der Waals surface area contributed by atoms with Gasteiger partial charge in [-0.15, -0.1) is 0 Å². The molecule has 0 atom stereocenters. The first-order valence-electron chi connectivity index (χ1n) is 8.49. The molecule has 0 radical (unpaired) electrons. The molecule has 0 saturated heterocycles. The number of anilines is 1. The number of hydrogen-bond acceptors (Lipinski definition) is 4. The summed E-state index contributed by atoms with van der Waals surface area (Å²) in [5.41, 5.74) is 5.35. The van der Waals surface area contributed by atoms with Crippen LogP contribution in [-0.4, -0.2) is 28.1 Å². The average Bonchev–Trinajstić information content (AvgIpc) is 3.23. The van der Waals surface area contributed by atoms with Crippen molar-refractivity contribution >= 4 is 5.69 Å². The molecule has 1 aliphatic rings. The fourth-order valence-corrected chi connectivity index (χ4v) is 2.66. The summed E-state index contributed by atoms with van der Waals surface area (Å²) in [5, 5.41) is 0. The van der Waals surface area contributed by atoms with Gasteiger partial charge >= 0.3 is 0 Å². The number of likely N-dealkylation sites (N-methyl/N-ethyl adjacent to an activating group) is 1. The average molecular weight is 340 g/mol. The number of aryl methyl sites for hydroxylation is 5. The molecule has 0 N–H and O–H groups in total. The molecule has 0 saturated carbocycles.